The van der Waals surface area contributed by atoms with E-state index in [1.165, 1.54) is 64.0 Å². The van der Waals surface area contributed by atoms with Gasteiger partial charge in [0.1, 0.15) is 0 Å². The van der Waals surface area contributed by atoms with Crippen molar-refractivity contribution in [2.24, 2.45) is 0 Å². The van der Waals surface area contributed by atoms with Crippen LogP contribution in [0.4, 0.5) is 0 Å². The highest BCUT2D eigenvalue weighted by atomic mass is 32.1. The summed E-state index contributed by atoms with van der Waals surface area (Å²) in [5.41, 5.74) is 4.32. The van der Waals surface area contributed by atoms with Gasteiger partial charge in [-0.2, -0.15) is 0 Å². The van der Waals surface area contributed by atoms with Gasteiger partial charge in [0.25, 0.3) is 0 Å². The van der Waals surface area contributed by atoms with Crippen LogP contribution in [0.3, 0.4) is 0 Å². The molecule has 206 valence electrons. The summed E-state index contributed by atoms with van der Waals surface area (Å²) in [4.78, 5) is 0. The molecule has 1 heterocycles. The van der Waals surface area contributed by atoms with E-state index < -0.39 is 11.2 Å². The van der Waals surface area contributed by atoms with Crippen LogP contribution in [-0.4, -0.2) is 23.8 Å². The lowest BCUT2D eigenvalue weighted by molar-refractivity contribution is -0.0893. The van der Waals surface area contributed by atoms with Gasteiger partial charge in [0, 0.05) is 14.8 Å². The molecule has 0 aliphatic rings. The van der Waals surface area contributed by atoms with Crippen molar-refractivity contribution in [2.45, 2.75) is 38.9 Å². The normalized spacial score (nSPS) is 12.5. The minimum absolute atomic E-state index is 0.425. The average molecular weight is 565 g/mol. The highest BCUT2D eigenvalue weighted by Crippen LogP contribution is 2.43. The lowest BCUT2D eigenvalue weighted by Gasteiger charge is -2.37. The Labute approximate surface area is 251 Å². The van der Waals surface area contributed by atoms with Gasteiger partial charge in [0.15, 0.2) is 0 Å². The third kappa shape index (κ3) is 4.61. The Kier molecular flexibility index (Phi) is 6.47. The zero-order valence-electron chi connectivity index (χ0n) is 24.4. The standard InChI is InChI=1S/C38H33BO2S/c1-37(2,40)38(3,4)41-39-32-15-10-16-33-36(32)35-31(24-11-6-5-7-12-24)22-28(23-34(35)42-33)26-19-20-30-27(21-26)18-17-25-13-8-9-14-29(25)30/h5-23,39-40H,1-4H3. The number of benzene rings is 6. The van der Waals surface area contributed by atoms with Crippen LogP contribution in [-0.2, 0) is 4.65 Å². The molecule has 4 heteroatoms. The Hall–Kier alpha value is -3.96. The fourth-order valence-electron chi connectivity index (χ4n) is 5.78. The molecule has 0 spiro atoms. The minimum Gasteiger partial charge on any atom is -0.427 e. The van der Waals surface area contributed by atoms with Crippen LogP contribution in [0.15, 0.2) is 115 Å². The topological polar surface area (TPSA) is 29.5 Å². The summed E-state index contributed by atoms with van der Waals surface area (Å²) in [7, 11) is 0.425. The molecular formula is C38H33BO2S. The van der Waals surface area contributed by atoms with Crippen LogP contribution in [0.5, 0.6) is 0 Å². The highest BCUT2D eigenvalue weighted by molar-refractivity contribution is 7.26. The van der Waals surface area contributed by atoms with Crippen LogP contribution in [0.2, 0.25) is 0 Å². The first-order valence-corrected chi connectivity index (χ1v) is 15.3. The van der Waals surface area contributed by atoms with Crippen molar-refractivity contribution in [1.82, 2.24) is 0 Å². The van der Waals surface area contributed by atoms with Crippen molar-refractivity contribution in [3.05, 3.63) is 115 Å². The van der Waals surface area contributed by atoms with E-state index in [1.807, 2.05) is 25.2 Å². The lowest BCUT2D eigenvalue weighted by atomic mass is 9.80. The predicted octanol–water partition coefficient (Wildman–Crippen LogP) is 9.24. The van der Waals surface area contributed by atoms with Gasteiger partial charge in [-0.05, 0) is 107 Å². The van der Waals surface area contributed by atoms with Crippen LogP contribution < -0.4 is 5.46 Å². The van der Waals surface area contributed by atoms with Gasteiger partial charge in [0.05, 0.1) is 11.2 Å². The zero-order valence-corrected chi connectivity index (χ0v) is 25.3. The molecular weight excluding hydrogens is 531 g/mol. The molecule has 0 aliphatic carbocycles. The second-order valence-corrected chi connectivity index (χ2v) is 13.3. The summed E-state index contributed by atoms with van der Waals surface area (Å²) < 4.78 is 8.87. The van der Waals surface area contributed by atoms with Crippen molar-refractivity contribution in [2.75, 3.05) is 0 Å². The molecule has 0 aliphatic heterocycles. The van der Waals surface area contributed by atoms with Gasteiger partial charge in [-0.3, -0.25) is 0 Å². The highest BCUT2D eigenvalue weighted by Gasteiger charge is 2.36. The van der Waals surface area contributed by atoms with E-state index in [-0.39, 0.29) is 0 Å². The maximum Gasteiger partial charge on any atom is 0.310 e. The molecule has 0 saturated carbocycles. The van der Waals surface area contributed by atoms with Gasteiger partial charge in [0.2, 0.25) is 0 Å². The van der Waals surface area contributed by atoms with Crippen molar-refractivity contribution >= 4 is 66.0 Å². The first kappa shape index (κ1) is 26.9. The Balaban J connectivity index is 1.42. The quantitative estimate of drug-likeness (QED) is 0.161. The smallest absolute Gasteiger partial charge is 0.310 e. The molecule has 7 aromatic rings. The number of rotatable bonds is 6. The van der Waals surface area contributed by atoms with E-state index in [2.05, 4.69) is 115 Å². The van der Waals surface area contributed by atoms with Crippen LogP contribution in [0, 0.1) is 0 Å². The monoisotopic (exact) mass is 564 g/mol. The summed E-state index contributed by atoms with van der Waals surface area (Å²) >= 11 is 1.83. The summed E-state index contributed by atoms with van der Waals surface area (Å²) in [6, 6.07) is 41.8. The van der Waals surface area contributed by atoms with E-state index in [9.17, 15) is 5.11 Å². The van der Waals surface area contributed by atoms with Crippen molar-refractivity contribution in [1.29, 1.82) is 0 Å². The second-order valence-electron chi connectivity index (χ2n) is 12.2. The molecule has 7 rings (SSSR count). The molecule has 0 bridgehead atoms. The molecule has 0 amide bonds. The van der Waals surface area contributed by atoms with Crippen LogP contribution >= 0.6 is 11.3 Å². The Morgan fingerprint density at radius 2 is 1.33 bits per heavy atom. The molecule has 0 unspecified atom stereocenters. The number of aliphatic hydroxyl groups is 1. The van der Waals surface area contributed by atoms with Crippen molar-refractivity contribution in [3.8, 4) is 22.3 Å². The SMILES string of the molecule is CC(C)(O)C(C)(C)OBc1cccc2sc3cc(-c4ccc5c(ccc6ccccc65)c4)cc(-c4ccccc4)c3c12. The number of thiophene rings is 1. The predicted molar refractivity (Wildman–Crippen MR) is 183 cm³/mol. The van der Waals surface area contributed by atoms with Gasteiger partial charge in [-0.25, -0.2) is 0 Å². The lowest BCUT2D eigenvalue weighted by Crippen LogP contribution is -2.49. The Bertz CT molecular complexity index is 2100. The molecule has 42 heavy (non-hydrogen) atoms. The summed E-state index contributed by atoms with van der Waals surface area (Å²) in [5.74, 6) is 0. The van der Waals surface area contributed by atoms with Gasteiger partial charge < -0.3 is 9.76 Å². The Morgan fingerprint density at radius 3 is 2.14 bits per heavy atom. The molecule has 1 aromatic heterocycles. The molecule has 0 saturated heterocycles. The third-order valence-electron chi connectivity index (χ3n) is 8.91. The van der Waals surface area contributed by atoms with E-state index in [1.54, 1.807) is 13.8 Å². The van der Waals surface area contributed by atoms with Crippen LogP contribution in [0.1, 0.15) is 27.7 Å². The maximum atomic E-state index is 10.7. The van der Waals surface area contributed by atoms with E-state index in [4.69, 9.17) is 4.65 Å². The molecule has 0 atom stereocenters. The number of hydrogen-bond donors (Lipinski definition) is 1. The van der Waals surface area contributed by atoms with Crippen molar-refractivity contribution in [3.63, 3.8) is 0 Å². The van der Waals surface area contributed by atoms with E-state index >= 15 is 0 Å². The summed E-state index contributed by atoms with van der Waals surface area (Å²) in [6.45, 7) is 7.51. The first-order chi connectivity index (χ1) is 20.2. The van der Waals surface area contributed by atoms with E-state index in [0.717, 1.165) is 5.46 Å². The van der Waals surface area contributed by atoms with Crippen LogP contribution in [0.25, 0.3) is 64.0 Å². The first-order valence-electron chi connectivity index (χ1n) is 14.5. The van der Waals surface area contributed by atoms with Gasteiger partial charge >= 0.3 is 7.48 Å². The fourth-order valence-corrected chi connectivity index (χ4v) is 7.00. The fraction of sp³-hybridized carbons (Fsp3) is 0.158. The molecule has 0 fully saturated rings. The maximum absolute atomic E-state index is 10.7. The Morgan fingerprint density at radius 1 is 0.595 bits per heavy atom. The second kappa shape index (κ2) is 10.1. The largest absolute Gasteiger partial charge is 0.427 e. The van der Waals surface area contributed by atoms with Gasteiger partial charge in [-0.15, -0.1) is 11.3 Å². The number of hydrogen-bond acceptors (Lipinski definition) is 3. The molecule has 2 nitrogen and oxygen atoms in total. The molecule has 0 radical (unpaired) electrons. The molecule has 6 aromatic carbocycles. The minimum atomic E-state index is -0.964. The summed E-state index contributed by atoms with van der Waals surface area (Å²) in [6.07, 6.45) is 0. The van der Waals surface area contributed by atoms with E-state index in [0.29, 0.717) is 7.48 Å². The number of fused-ring (bicyclic) bond motifs is 6. The summed E-state index contributed by atoms with van der Waals surface area (Å²) in [5, 5.41) is 18.3. The average Bonchev–Trinajstić information content (AvgIpc) is 3.38. The van der Waals surface area contributed by atoms with Gasteiger partial charge in [-0.1, -0.05) is 91.0 Å². The zero-order chi connectivity index (χ0) is 29.1. The molecule has 1 N–H and O–H groups in total. The third-order valence-corrected chi connectivity index (χ3v) is 10.0. The van der Waals surface area contributed by atoms with Crippen molar-refractivity contribution < 1.29 is 9.76 Å².